The minimum Gasteiger partial charge on any atom is -0.469 e. The van der Waals surface area contributed by atoms with Gasteiger partial charge in [-0.3, -0.25) is 4.79 Å². The number of likely N-dealkylation sites (tertiary alicyclic amines) is 1. The number of carbonyl (C=O) groups excluding carboxylic acids is 1. The fourth-order valence-electron chi connectivity index (χ4n) is 1.87. The van der Waals surface area contributed by atoms with Crippen LogP contribution in [0.3, 0.4) is 0 Å². The van der Waals surface area contributed by atoms with Gasteiger partial charge in [-0.15, -0.1) is 0 Å². The zero-order chi connectivity index (χ0) is 12.2. The molecule has 0 aromatic carbocycles. The van der Waals surface area contributed by atoms with E-state index in [1.165, 1.54) is 7.11 Å². The van der Waals surface area contributed by atoms with Crippen molar-refractivity contribution in [3.63, 3.8) is 0 Å². The lowest BCUT2D eigenvalue weighted by molar-refractivity contribution is -0.141. The van der Waals surface area contributed by atoms with E-state index in [9.17, 15) is 4.79 Å². The Hall–Kier alpha value is -0.680. The first-order chi connectivity index (χ1) is 7.48. The van der Waals surface area contributed by atoms with E-state index in [4.69, 9.17) is 18.0 Å². The lowest BCUT2D eigenvalue weighted by Gasteiger charge is -2.38. The number of nitrogens with zero attached hydrogens (tertiary/aromatic N) is 1. The Kier molecular flexibility index (Phi) is 4.68. The predicted octanol–water partition coefficient (Wildman–Crippen LogP) is 0.938. The molecule has 0 aliphatic carbocycles. The Morgan fingerprint density at radius 2 is 2.06 bits per heavy atom. The van der Waals surface area contributed by atoms with E-state index >= 15 is 0 Å². The summed E-state index contributed by atoms with van der Waals surface area (Å²) in [5.41, 5.74) is 5.73. The van der Waals surface area contributed by atoms with Gasteiger partial charge in [0.05, 0.1) is 18.5 Å². The highest BCUT2D eigenvalue weighted by molar-refractivity contribution is 7.80. The third kappa shape index (κ3) is 3.42. The molecule has 0 radical (unpaired) electrons. The number of rotatable bonds is 4. The SMILES string of the molecule is COC(=O)CCN1CCC(C)(C(N)=S)CC1. The maximum Gasteiger partial charge on any atom is 0.306 e. The number of thiocarbonyl (C=S) groups is 1. The molecule has 5 heteroatoms. The molecule has 0 atom stereocenters. The second kappa shape index (κ2) is 5.59. The molecule has 0 aromatic heterocycles. The molecule has 2 N–H and O–H groups in total. The highest BCUT2D eigenvalue weighted by atomic mass is 32.1. The number of methoxy groups -OCH3 is 1. The number of piperidine rings is 1. The van der Waals surface area contributed by atoms with Crippen molar-refractivity contribution in [1.82, 2.24) is 4.90 Å². The van der Waals surface area contributed by atoms with Gasteiger partial charge in [-0.05, 0) is 25.9 Å². The Labute approximate surface area is 102 Å². The molecular weight excluding hydrogens is 224 g/mol. The molecule has 0 unspecified atom stereocenters. The summed E-state index contributed by atoms with van der Waals surface area (Å²) in [6.45, 7) is 4.78. The first-order valence-electron chi connectivity index (χ1n) is 5.57. The lowest BCUT2D eigenvalue weighted by Crippen LogP contribution is -2.45. The normalized spacial score (nSPS) is 20.4. The zero-order valence-corrected chi connectivity index (χ0v) is 10.8. The molecule has 0 amide bonds. The van der Waals surface area contributed by atoms with Crippen molar-refractivity contribution in [3.05, 3.63) is 0 Å². The molecule has 1 rings (SSSR count). The van der Waals surface area contributed by atoms with Gasteiger partial charge in [-0.25, -0.2) is 0 Å². The van der Waals surface area contributed by atoms with Crippen molar-refractivity contribution >= 4 is 23.2 Å². The van der Waals surface area contributed by atoms with Crippen LogP contribution in [0.2, 0.25) is 0 Å². The Morgan fingerprint density at radius 1 is 1.50 bits per heavy atom. The summed E-state index contributed by atoms with van der Waals surface area (Å²) >= 11 is 5.08. The lowest BCUT2D eigenvalue weighted by atomic mass is 9.80. The molecule has 1 fully saturated rings. The van der Waals surface area contributed by atoms with Gasteiger partial charge < -0.3 is 15.4 Å². The van der Waals surface area contributed by atoms with Crippen LogP contribution in [0, 0.1) is 5.41 Å². The van der Waals surface area contributed by atoms with Gasteiger partial charge in [-0.2, -0.15) is 0 Å². The zero-order valence-electron chi connectivity index (χ0n) is 9.99. The summed E-state index contributed by atoms with van der Waals surface area (Å²) in [6.07, 6.45) is 2.41. The molecule has 0 bridgehead atoms. The summed E-state index contributed by atoms with van der Waals surface area (Å²) in [6, 6.07) is 0. The summed E-state index contributed by atoms with van der Waals surface area (Å²) in [4.78, 5) is 13.9. The molecule has 4 nitrogen and oxygen atoms in total. The molecule has 1 aliphatic heterocycles. The molecule has 0 aromatic rings. The van der Waals surface area contributed by atoms with Gasteiger partial charge in [0, 0.05) is 12.0 Å². The highest BCUT2D eigenvalue weighted by Crippen LogP contribution is 2.31. The Balaban J connectivity index is 2.32. The molecular formula is C11H20N2O2S. The standard InChI is InChI=1S/C11H20N2O2S/c1-11(10(12)16)4-7-13(8-5-11)6-3-9(14)15-2/h3-8H2,1-2H3,(H2,12,16). The van der Waals surface area contributed by atoms with Gasteiger partial charge in [0.25, 0.3) is 0 Å². The summed E-state index contributed by atoms with van der Waals surface area (Å²) in [7, 11) is 1.42. The smallest absolute Gasteiger partial charge is 0.306 e. The minimum absolute atomic E-state index is 0.00288. The molecule has 92 valence electrons. The predicted molar refractivity (Wildman–Crippen MR) is 67.2 cm³/mol. The van der Waals surface area contributed by atoms with E-state index in [1.54, 1.807) is 0 Å². The fourth-order valence-corrected chi connectivity index (χ4v) is 2.07. The van der Waals surface area contributed by atoms with Crippen molar-refractivity contribution in [2.45, 2.75) is 26.2 Å². The van der Waals surface area contributed by atoms with Crippen LogP contribution in [0.15, 0.2) is 0 Å². The van der Waals surface area contributed by atoms with E-state index in [0.717, 1.165) is 32.5 Å². The summed E-state index contributed by atoms with van der Waals surface area (Å²) < 4.78 is 4.61. The van der Waals surface area contributed by atoms with Crippen molar-refractivity contribution in [2.24, 2.45) is 11.1 Å². The maximum absolute atomic E-state index is 11.0. The van der Waals surface area contributed by atoms with E-state index in [2.05, 4.69) is 16.6 Å². The van der Waals surface area contributed by atoms with E-state index < -0.39 is 0 Å². The molecule has 1 aliphatic rings. The van der Waals surface area contributed by atoms with Crippen LogP contribution in [0.5, 0.6) is 0 Å². The third-order valence-electron chi connectivity index (χ3n) is 3.41. The molecule has 0 saturated carbocycles. The van der Waals surface area contributed by atoms with Crippen molar-refractivity contribution in [2.75, 3.05) is 26.7 Å². The number of hydrogen-bond donors (Lipinski definition) is 1. The van der Waals surface area contributed by atoms with Crippen molar-refractivity contribution in [1.29, 1.82) is 0 Å². The van der Waals surface area contributed by atoms with Crippen LogP contribution in [-0.2, 0) is 9.53 Å². The van der Waals surface area contributed by atoms with Gasteiger partial charge in [-0.1, -0.05) is 19.1 Å². The van der Waals surface area contributed by atoms with E-state index in [1.807, 2.05) is 0 Å². The van der Waals surface area contributed by atoms with Crippen LogP contribution in [-0.4, -0.2) is 42.6 Å². The Morgan fingerprint density at radius 3 is 2.50 bits per heavy atom. The van der Waals surface area contributed by atoms with Crippen LogP contribution >= 0.6 is 12.2 Å². The van der Waals surface area contributed by atoms with Gasteiger partial charge in [0.15, 0.2) is 0 Å². The second-order valence-corrected chi connectivity index (χ2v) is 5.03. The topological polar surface area (TPSA) is 55.6 Å². The third-order valence-corrected chi connectivity index (χ3v) is 3.91. The van der Waals surface area contributed by atoms with Gasteiger partial charge in [0.2, 0.25) is 0 Å². The average Bonchev–Trinajstić information content (AvgIpc) is 2.27. The van der Waals surface area contributed by atoms with Gasteiger partial charge >= 0.3 is 5.97 Å². The fraction of sp³-hybridized carbons (Fsp3) is 0.818. The summed E-state index contributed by atoms with van der Waals surface area (Å²) in [5, 5.41) is 0. The maximum atomic E-state index is 11.0. The quantitative estimate of drug-likeness (QED) is 0.589. The van der Waals surface area contributed by atoms with Crippen LogP contribution in [0.25, 0.3) is 0 Å². The van der Waals surface area contributed by atoms with E-state index in [-0.39, 0.29) is 11.4 Å². The van der Waals surface area contributed by atoms with E-state index in [0.29, 0.717) is 11.4 Å². The first kappa shape index (κ1) is 13.4. The molecule has 16 heavy (non-hydrogen) atoms. The van der Waals surface area contributed by atoms with Crippen LogP contribution < -0.4 is 5.73 Å². The van der Waals surface area contributed by atoms with Crippen molar-refractivity contribution < 1.29 is 9.53 Å². The number of carbonyl (C=O) groups is 1. The van der Waals surface area contributed by atoms with Crippen molar-refractivity contribution in [3.8, 4) is 0 Å². The number of nitrogens with two attached hydrogens (primary N) is 1. The summed E-state index contributed by atoms with van der Waals surface area (Å²) in [5.74, 6) is -0.150. The molecule has 1 saturated heterocycles. The molecule has 1 heterocycles. The Bertz CT molecular complexity index is 273. The minimum atomic E-state index is -0.150. The first-order valence-corrected chi connectivity index (χ1v) is 5.98. The molecule has 0 spiro atoms. The van der Waals surface area contributed by atoms with Gasteiger partial charge in [0.1, 0.15) is 0 Å². The average molecular weight is 244 g/mol. The number of esters is 1. The van der Waals surface area contributed by atoms with Crippen LogP contribution in [0.1, 0.15) is 26.2 Å². The monoisotopic (exact) mass is 244 g/mol. The number of ether oxygens (including phenoxy) is 1. The largest absolute Gasteiger partial charge is 0.469 e. The second-order valence-electron chi connectivity index (χ2n) is 4.59. The highest BCUT2D eigenvalue weighted by Gasteiger charge is 2.32. The van der Waals surface area contributed by atoms with Crippen LogP contribution in [0.4, 0.5) is 0 Å². The number of hydrogen-bond acceptors (Lipinski definition) is 4.